The Kier molecular flexibility index (Phi) is 2.84. The number of anilines is 1. The largest absolute Gasteiger partial charge is 0.368 e. The number of nitrogens with zero attached hydrogens (tertiary/aromatic N) is 3. The van der Waals surface area contributed by atoms with Gasteiger partial charge in [-0.3, -0.25) is 0 Å². The predicted molar refractivity (Wildman–Crippen MR) is 71.0 cm³/mol. The third-order valence-corrected chi connectivity index (χ3v) is 3.61. The van der Waals surface area contributed by atoms with Crippen molar-refractivity contribution in [3.63, 3.8) is 0 Å². The number of halogens is 1. The molecule has 17 heavy (non-hydrogen) atoms. The molecule has 0 spiro atoms. The molecule has 0 amide bonds. The van der Waals surface area contributed by atoms with Crippen molar-refractivity contribution in [1.82, 2.24) is 14.6 Å². The molecule has 2 aromatic rings. The number of hydrogen-bond acceptors (Lipinski definition) is 3. The topological polar surface area (TPSA) is 42.2 Å². The summed E-state index contributed by atoms with van der Waals surface area (Å²) in [5.41, 5.74) is 0.995. The SMILES string of the molecule is Brc1cnn2ccnc(NCC3C=CCC3)c12. The molecular weight excluding hydrogens is 280 g/mol. The Morgan fingerprint density at radius 1 is 1.53 bits per heavy atom. The highest BCUT2D eigenvalue weighted by Crippen LogP contribution is 2.24. The van der Waals surface area contributed by atoms with Gasteiger partial charge in [0.1, 0.15) is 5.52 Å². The molecule has 1 aliphatic rings. The van der Waals surface area contributed by atoms with Crippen LogP contribution in [0.1, 0.15) is 12.8 Å². The summed E-state index contributed by atoms with van der Waals surface area (Å²) in [6, 6.07) is 0. The van der Waals surface area contributed by atoms with Crippen LogP contribution >= 0.6 is 15.9 Å². The summed E-state index contributed by atoms with van der Waals surface area (Å²) in [5.74, 6) is 1.51. The van der Waals surface area contributed by atoms with Crippen LogP contribution in [0, 0.1) is 5.92 Å². The molecule has 2 aromatic heterocycles. The first-order chi connectivity index (χ1) is 8.34. The average molecular weight is 293 g/mol. The van der Waals surface area contributed by atoms with E-state index in [-0.39, 0.29) is 0 Å². The zero-order chi connectivity index (χ0) is 11.7. The molecule has 0 saturated carbocycles. The van der Waals surface area contributed by atoms with Crippen molar-refractivity contribution in [2.75, 3.05) is 11.9 Å². The first-order valence-electron chi connectivity index (χ1n) is 5.73. The first-order valence-corrected chi connectivity index (χ1v) is 6.52. The van der Waals surface area contributed by atoms with Crippen molar-refractivity contribution in [2.24, 2.45) is 5.92 Å². The smallest absolute Gasteiger partial charge is 0.153 e. The second kappa shape index (κ2) is 4.49. The van der Waals surface area contributed by atoms with Crippen LogP contribution in [0.25, 0.3) is 5.52 Å². The molecule has 0 aromatic carbocycles. The van der Waals surface area contributed by atoms with Crippen LogP contribution in [0.5, 0.6) is 0 Å². The Balaban J connectivity index is 1.84. The van der Waals surface area contributed by atoms with E-state index in [1.165, 1.54) is 12.8 Å². The third kappa shape index (κ3) is 2.07. The van der Waals surface area contributed by atoms with Crippen LogP contribution in [0.3, 0.4) is 0 Å². The van der Waals surface area contributed by atoms with E-state index in [9.17, 15) is 0 Å². The Morgan fingerprint density at radius 2 is 2.47 bits per heavy atom. The lowest BCUT2D eigenvalue weighted by Crippen LogP contribution is -2.12. The molecular formula is C12H13BrN4. The second-order valence-electron chi connectivity index (χ2n) is 4.21. The lowest BCUT2D eigenvalue weighted by molar-refractivity contribution is 0.663. The van der Waals surface area contributed by atoms with E-state index in [2.05, 4.69) is 43.5 Å². The number of nitrogens with one attached hydrogen (secondary N) is 1. The summed E-state index contributed by atoms with van der Waals surface area (Å²) >= 11 is 3.49. The van der Waals surface area contributed by atoms with E-state index in [1.807, 2.05) is 10.7 Å². The number of hydrogen-bond donors (Lipinski definition) is 1. The van der Waals surface area contributed by atoms with Gasteiger partial charge in [-0.25, -0.2) is 9.50 Å². The van der Waals surface area contributed by atoms with Gasteiger partial charge in [0.2, 0.25) is 0 Å². The van der Waals surface area contributed by atoms with Crippen molar-refractivity contribution in [2.45, 2.75) is 12.8 Å². The van der Waals surface area contributed by atoms with Crippen molar-refractivity contribution in [3.8, 4) is 0 Å². The summed E-state index contributed by atoms with van der Waals surface area (Å²) in [7, 11) is 0. The van der Waals surface area contributed by atoms with Gasteiger partial charge in [0, 0.05) is 18.9 Å². The van der Waals surface area contributed by atoms with Gasteiger partial charge < -0.3 is 5.32 Å². The molecule has 1 unspecified atom stereocenters. The second-order valence-corrected chi connectivity index (χ2v) is 5.06. The van der Waals surface area contributed by atoms with Gasteiger partial charge in [0.15, 0.2) is 5.82 Å². The lowest BCUT2D eigenvalue weighted by atomic mass is 10.1. The fourth-order valence-electron chi connectivity index (χ4n) is 2.13. The minimum absolute atomic E-state index is 0.624. The molecule has 1 aliphatic carbocycles. The highest BCUT2D eigenvalue weighted by molar-refractivity contribution is 9.10. The summed E-state index contributed by atoms with van der Waals surface area (Å²) in [6.45, 7) is 0.931. The van der Waals surface area contributed by atoms with Gasteiger partial charge in [0.25, 0.3) is 0 Å². The maximum absolute atomic E-state index is 4.37. The number of fused-ring (bicyclic) bond motifs is 1. The number of aromatic nitrogens is 3. The normalized spacial score (nSPS) is 19.0. The fourth-order valence-corrected chi connectivity index (χ4v) is 2.59. The van der Waals surface area contributed by atoms with E-state index in [0.717, 1.165) is 22.4 Å². The van der Waals surface area contributed by atoms with Crippen molar-refractivity contribution < 1.29 is 0 Å². The average Bonchev–Trinajstić information content (AvgIpc) is 2.97. The van der Waals surface area contributed by atoms with Crippen LogP contribution in [0.4, 0.5) is 5.82 Å². The maximum atomic E-state index is 4.37. The predicted octanol–water partition coefficient (Wildman–Crippen LogP) is 2.87. The summed E-state index contributed by atoms with van der Waals surface area (Å²) in [5, 5.41) is 7.64. The molecule has 5 heteroatoms. The Labute approximate surface area is 108 Å². The minimum atomic E-state index is 0.624. The third-order valence-electron chi connectivity index (χ3n) is 3.03. The van der Waals surface area contributed by atoms with E-state index in [1.54, 1.807) is 12.4 Å². The fraction of sp³-hybridized carbons (Fsp3) is 0.333. The van der Waals surface area contributed by atoms with E-state index < -0.39 is 0 Å². The van der Waals surface area contributed by atoms with Crippen LogP contribution < -0.4 is 5.32 Å². The van der Waals surface area contributed by atoms with Crippen LogP contribution in [0.15, 0.2) is 35.2 Å². The molecule has 0 saturated heterocycles. The maximum Gasteiger partial charge on any atom is 0.153 e. The van der Waals surface area contributed by atoms with E-state index in [4.69, 9.17) is 0 Å². The van der Waals surface area contributed by atoms with Gasteiger partial charge in [-0.05, 0) is 34.7 Å². The lowest BCUT2D eigenvalue weighted by Gasteiger charge is -2.10. The first kappa shape index (κ1) is 10.8. The molecule has 4 nitrogen and oxygen atoms in total. The highest BCUT2D eigenvalue weighted by Gasteiger charge is 2.12. The molecule has 1 N–H and O–H groups in total. The molecule has 2 heterocycles. The molecule has 3 rings (SSSR count). The van der Waals surface area contributed by atoms with Crippen LogP contribution in [0.2, 0.25) is 0 Å². The number of rotatable bonds is 3. The Bertz CT molecular complexity index is 561. The summed E-state index contributed by atoms with van der Waals surface area (Å²) < 4.78 is 2.79. The van der Waals surface area contributed by atoms with Crippen LogP contribution in [-0.2, 0) is 0 Å². The van der Waals surface area contributed by atoms with E-state index in [0.29, 0.717) is 5.92 Å². The van der Waals surface area contributed by atoms with Gasteiger partial charge >= 0.3 is 0 Å². The van der Waals surface area contributed by atoms with Crippen molar-refractivity contribution in [3.05, 3.63) is 35.2 Å². The van der Waals surface area contributed by atoms with Gasteiger partial charge in [0.05, 0.1) is 10.7 Å². The zero-order valence-corrected chi connectivity index (χ0v) is 10.9. The van der Waals surface area contributed by atoms with E-state index >= 15 is 0 Å². The zero-order valence-electron chi connectivity index (χ0n) is 9.31. The highest BCUT2D eigenvalue weighted by atomic mass is 79.9. The Morgan fingerprint density at radius 3 is 3.29 bits per heavy atom. The van der Waals surface area contributed by atoms with Gasteiger partial charge in [-0.1, -0.05) is 12.2 Å². The molecule has 0 fully saturated rings. The monoisotopic (exact) mass is 292 g/mol. The number of allylic oxidation sites excluding steroid dienone is 1. The van der Waals surface area contributed by atoms with Gasteiger partial charge in [-0.15, -0.1) is 0 Å². The molecule has 1 atom stereocenters. The molecule has 0 aliphatic heterocycles. The summed E-state index contributed by atoms with van der Waals surface area (Å²) in [6.07, 6.45) is 12.3. The van der Waals surface area contributed by atoms with Crippen molar-refractivity contribution >= 4 is 27.3 Å². The molecule has 88 valence electrons. The standard InChI is InChI=1S/C12H13BrN4/c13-10-8-16-17-6-5-14-12(11(10)17)15-7-9-3-1-2-4-9/h1,3,5-6,8-9H,2,4,7H2,(H,14,15). The van der Waals surface area contributed by atoms with Crippen molar-refractivity contribution in [1.29, 1.82) is 0 Å². The quantitative estimate of drug-likeness (QED) is 0.885. The molecule has 0 radical (unpaired) electrons. The molecule has 0 bridgehead atoms. The minimum Gasteiger partial charge on any atom is -0.368 e. The Hall–Kier alpha value is -1.36. The van der Waals surface area contributed by atoms with Gasteiger partial charge in [-0.2, -0.15) is 5.10 Å². The summed E-state index contributed by atoms with van der Waals surface area (Å²) in [4.78, 5) is 4.37. The van der Waals surface area contributed by atoms with Crippen LogP contribution in [-0.4, -0.2) is 21.1 Å².